The molecule has 0 saturated heterocycles. The fourth-order valence-corrected chi connectivity index (χ4v) is 7.39. The summed E-state index contributed by atoms with van der Waals surface area (Å²) in [5.41, 5.74) is 2.01. The molecule has 4 aliphatic carbocycles. The monoisotopic (exact) mass is 384 g/mol. The molecule has 4 rings (SSSR count). The van der Waals surface area contributed by atoms with Crippen LogP contribution in [0, 0.1) is 28.6 Å². The van der Waals surface area contributed by atoms with Crippen LogP contribution in [0.25, 0.3) is 0 Å². The van der Waals surface area contributed by atoms with Crippen molar-refractivity contribution in [2.24, 2.45) is 28.6 Å². The Morgan fingerprint density at radius 1 is 1.21 bits per heavy atom. The van der Waals surface area contributed by atoms with Crippen LogP contribution in [0.3, 0.4) is 0 Å². The Hall–Kier alpha value is -1.68. The van der Waals surface area contributed by atoms with Gasteiger partial charge in [0.1, 0.15) is 0 Å². The van der Waals surface area contributed by atoms with Gasteiger partial charge in [0.25, 0.3) is 0 Å². The Morgan fingerprint density at radius 3 is 2.57 bits per heavy atom. The fraction of sp³-hybridized carbons (Fsp3) is 0.667. The predicted molar refractivity (Wildman–Crippen MR) is 108 cm³/mol. The van der Waals surface area contributed by atoms with Gasteiger partial charge in [-0.2, -0.15) is 0 Å². The number of hydrogen-bond donors (Lipinski definition) is 2. The van der Waals surface area contributed by atoms with Gasteiger partial charge in [0.05, 0.1) is 5.60 Å². The van der Waals surface area contributed by atoms with Crippen molar-refractivity contribution in [1.29, 1.82) is 0 Å². The molecule has 152 valence electrons. The lowest BCUT2D eigenvalue weighted by Crippen LogP contribution is -2.55. The summed E-state index contributed by atoms with van der Waals surface area (Å²) in [6.07, 6.45) is 8.34. The van der Waals surface area contributed by atoms with Crippen LogP contribution in [-0.4, -0.2) is 27.6 Å². The maximum atomic E-state index is 12.1. The molecule has 3 fully saturated rings. The van der Waals surface area contributed by atoms with Crippen LogP contribution in [0.5, 0.6) is 0 Å². The fourth-order valence-electron chi connectivity index (χ4n) is 7.39. The number of aliphatic carboxylic acids is 1. The Kier molecular flexibility index (Phi) is 4.32. The summed E-state index contributed by atoms with van der Waals surface area (Å²) in [4.78, 5) is 23.3. The standard InChI is InChI=1S/C24H32O4/c1-14-11-17-18-6-9-24(28,10-7-21(26)27)22(18,3)8-5-19(17)23(4)15(2)12-16(25)13-20(14)23/h12-13,17-19,28H,1,5-11H2,2-4H3,(H,26,27)/t17-,18-,19+,22-,23+,24?/m0/s1. The van der Waals surface area contributed by atoms with Crippen LogP contribution in [0.2, 0.25) is 0 Å². The lowest BCUT2D eigenvalue weighted by Gasteiger charge is -2.59. The molecule has 0 heterocycles. The van der Waals surface area contributed by atoms with E-state index in [1.807, 2.05) is 0 Å². The minimum atomic E-state index is -0.896. The molecule has 0 bridgehead atoms. The molecule has 6 atom stereocenters. The van der Waals surface area contributed by atoms with Gasteiger partial charge in [0, 0.05) is 11.8 Å². The smallest absolute Gasteiger partial charge is 0.303 e. The van der Waals surface area contributed by atoms with E-state index in [-0.39, 0.29) is 23.0 Å². The van der Waals surface area contributed by atoms with E-state index >= 15 is 0 Å². The topological polar surface area (TPSA) is 74.6 Å². The van der Waals surface area contributed by atoms with Crippen molar-refractivity contribution < 1.29 is 19.8 Å². The lowest BCUT2D eigenvalue weighted by atomic mass is 9.45. The molecule has 4 aliphatic rings. The van der Waals surface area contributed by atoms with Crippen molar-refractivity contribution in [2.75, 3.05) is 0 Å². The minimum absolute atomic E-state index is 0.0220. The summed E-state index contributed by atoms with van der Waals surface area (Å²) in [6, 6.07) is 0. The average molecular weight is 385 g/mol. The van der Waals surface area contributed by atoms with Gasteiger partial charge in [0.15, 0.2) is 5.78 Å². The average Bonchev–Trinajstić information content (AvgIpc) is 2.88. The molecular weight excluding hydrogens is 352 g/mol. The quantitative estimate of drug-likeness (QED) is 0.754. The molecule has 3 saturated carbocycles. The maximum Gasteiger partial charge on any atom is 0.303 e. The van der Waals surface area contributed by atoms with Gasteiger partial charge in [-0.1, -0.05) is 31.6 Å². The number of carboxylic acid groups (broad SMARTS) is 1. The number of rotatable bonds is 3. The molecule has 0 amide bonds. The van der Waals surface area contributed by atoms with Crippen molar-refractivity contribution in [3.8, 4) is 0 Å². The number of hydrogen-bond acceptors (Lipinski definition) is 3. The minimum Gasteiger partial charge on any atom is -0.481 e. The van der Waals surface area contributed by atoms with Crippen molar-refractivity contribution >= 4 is 11.8 Å². The second-order valence-corrected chi connectivity index (χ2v) is 10.1. The Morgan fingerprint density at radius 2 is 1.89 bits per heavy atom. The van der Waals surface area contributed by atoms with Gasteiger partial charge in [0.2, 0.25) is 0 Å². The van der Waals surface area contributed by atoms with Crippen LogP contribution in [0.15, 0.2) is 35.5 Å². The van der Waals surface area contributed by atoms with E-state index in [0.717, 1.165) is 42.4 Å². The zero-order chi connectivity index (χ0) is 20.5. The summed E-state index contributed by atoms with van der Waals surface area (Å²) in [6.45, 7) is 10.9. The molecule has 0 aromatic rings. The molecule has 0 radical (unpaired) electrons. The normalized spacial score (nSPS) is 44.9. The molecule has 4 nitrogen and oxygen atoms in total. The number of fused-ring (bicyclic) bond motifs is 5. The summed E-state index contributed by atoms with van der Waals surface area (Å²) in [5, 5.41) is 20.6. The van der Waals surface area contributed by atoms with Crippen molar-refractivity contribution in [2.45, 2.75) is 71.3 Å². The highest BCUT2D eigenvalue weighted by Crippen LogP contribution is 2.69. The second kappa shape index (κ2) is 6.16. The third-order valence-electron chi connectivity index (χ3n) is 9.14. The zero-order valence-electron chi connectivity index (χ0n) is 17.3. The van der Waals surface area contributed by atoms with Crippen molar-refractivity contribution in [3.63, 3.8) is 0 Å². The van der Waals surface area contributed by atoms with Crippen molar-refractivity contribution in [1.82, 2.24) is 0 Å². The van der Waals surface area contributed by atoms with Gasteiger partial charge < -0.3 is 10.2 Å². The number of allylic oxidation sites excluding steroid dienone is 5. The largest absolute Gasteiger partial charge is 0.481 e. The highest BCUT2D eigenvalue weighted by atomic mass is 16.4. The molecule has 28 heavy (non-hydrogen) atoms. The first-order valence-electron chi connectivity index (χ1n) is 10.6. The number of aliphatic hydroxyl groups is 1. The molecule has 0 aliphatic heterocycles. The van der Waals surface area contributed by atoms with Crippen LogP contribution in [0.1, 0.15) is 65.7 Å². The van der Waals surface area contributed by atoms with Crippen LogP contribution in [0.4, 0.5) is 0 Å². The van der Waals surface area contributed by atoms with E-state index in [4.69, 9.17) is 5.11 Å². The van der Waals surface area contributed by atoms with Gasteiger partial charge in [-0.25, -0.2) is 0 Å². The van der Waals surface area contributed by atoms with E-state index < -0.39 is 11.6 Å². The second-order valence-electron chi connectivity index (χ2n) is 10.1. The first kappa shape index (κ1) is 19.6. The first-order valence-corrected chi connectivity index (χ1v) is 10.6. The molecule has 1 unspecified atom stereocenters. The summed E-state index contributed by atoms with van der Waals surface area (Å²) < 4.78 is 0. The highest BCUT2D eigenvalue weighted by Gasteiger charge is 2.64. The lowest BCUT2D eigenvalue weighted by molar-refractivity contribution is -0.145. The Labute approximate surface area is 167 Å². The summed E-state index contributed by atoms with van der Waals surface area (Å²) in [5.74, 6) is 0.451. The third-order valence-corrected chi connectivity index (χ3v) is 9.14. The van der Waals surface area contributed by atoms with E-state index in [9.17, 15) is 14.7 Å². The first-order chi connectivity index (χ1) is 13.0. The number of carbonyl (C=O) groups is 2. The molecular formula is C24H32O4. The van der Waals surface area contributed by atoms with Crippen LogP contribution >= 0.6 is 0 Å². The number of carbonyl (C=O) groups excluding carboxylic acids is 1. The van der Waals surface area contributed by atoms with E-state index in [1.165, 1.54) is 0 Å². The van der Waals surface area contributed by atoms with Gasteiger partial charge in [-0.05, 0) is 86.3 Å². The Balaban J connectivity index is 1.70. The van der Waals surface area contributed by atoms with Gasteiger partial charge in [-0.3, -0.25) is 9.59 Å². The number of ketones is 1. The molecule has 0 spiro atoms. The maximum absolute atomic E-state index is 12.1. The van der Waals surface area contributed by atoms with E-state index in [1.54, 1.807) is 12.2 Å². The van der Waals surface area contributed by atoms with Gasteiger partial charge in [-0.15, -0.1) is 0 Å². The Bertz CT molecular complexity index is 820. The molecule has 2 N–H and O–H groups in total. The summed E-state index contributed by atoms with van der Waals surface area (Å²) >= 11 is 0. The van der Waals surface area contributed by atoms with E-state index in [0.29, 0.717) is 30.6 Å². The van der Waals surface area contributed by atoms with Crippen LogP contribution < -0.4 is 0 Å². The SMILES string of the molecule is C=C1C[C@@H]2[C@@H](CC[C@@]3(C)[C@H]2CCC3(O)CCC(=O)O)[C@@]2(C)C(C)=CC(=O)C=C12. The third kappa shape index (κ3) is 2.46. The highest BCUT2D eigenvalue weighted by molar-refractivity contribution is 6.02. The molecule has 0 aromatic carbocycles. The summed E-state index contributed by atoms with van der Waals surface area (Å²) in [7, 11) is 0. The van der Waals surface area contributed by atoms with Crippen LogP contribution in [-0.2, 0) is 9.59 Å². The number of carboxylic acids is 1. The molecule has 0 aromatic heterocycles. The van der Waals surface area contributed by atoms with Crippen molar-refractivity contribution in [3.05, 3.63) is 35.5 Å². The predicted octanol–water partition coefficient (Wildman–Crippen LogP) is 4.45. The van der Waals surface area contributed by atoms with E-state index in [2.05, 4.69) is 27.4 Å². The van der Waals surface area contributed by atoms with Gasteiger partial charge >= 0.3 is 5.97 Å². The zero-order valence-corrected chi connectivity index (χ0v) is 17.3. The molecule has 4 heteroatoms.